The minimum atomic E-state index is 0.0780. The Morgan fingerprint density at radius 3 is 2.62 bits per heavy atom. The fourth-order valence-electron chi connectivity index (χ4n) is 2.67. The van der Waals surface area contributed by atoms with E-state index in [9.17, 15) is 4.79 Å². The number of amides is 1. The van der Waals surface area contributed by atoms with Crippen LogP contribution in [0.3, 0.4) is 0 Å². The quantitative estimate of drug-likeness (QED) is 0.775. The van der Waals surface area contributed by atoms with Crippen molar-refractivity contribution >= 4 is 5.91 Å². The van der Waals surface area contributed by atoms with Crippen LogP contribution in [0.4, 0.5) is 0 Å². The summed E-state index contributed by atoms with van der Waals surface area (Å²) in [5.41, 5.74) is 0. The predicted octanol–water partition coefficient (Wildman–Crippen LogP) is 0.141. The number of aromatic nitrogens is 3. The first-order valence-corrected chi connectivity index (χ1v) is 7.53. The summed E-state index contributed by atoms with van der Waals surface area (Å²) in [5, 5.41) is 10.6. The van der Waals surface area contributed by atoms with Crippen LogP contribution in [0.15, 0.2) is 12.7 Å². The van der Waals surface area contributed by atoms with Crippen molar-refractivity contribution in [1.82, 2.24) is 25.0 Å². The van der Waals surface area contributed by atoms with E-state index in [1.807, 2.05) is 11.5 Å². The lowest BCUT2D eigenvalue weighted by atomic mass is 9.95. The zero-order valence-electron chi connectivity index (χ0n) is 12.9. The summed E-state index contributed by atoms with van der Waals surface area (Å²) in [7, 11) is 1.65. The smallest absolute Gasteiger partial charge is 0.223 e. The van der Waals surface area contributed by atoms with Crippen LogP contribution in [0, 0.1) is 5.92 Å². The standard InChI is InChI=1S/C14H25N5O2/c1-12(9-21-2)17-14(20)13-3-5-18(6-4-13)7-8-19-10-15-16-11-19/h10-13H,3-9H2,1-2H3,(H,17,20). The Bertz CT molecular complexity index is 415. The number of piperidine rings is 1. The third-order valence-corrected chi connectivity index (χ3v) is 3.90. The van der Waals surface area contributed by atoms with E-state index in [2.05, 4.69) is 20.4 Å². The number of rotatable bonds is 7. The van der Waals surface area contributed by atoms with Gasteiger partial charge >= 0.3 is 0 Å². The molecule has 21 heavy (non-hydrogen) atoms. The van der Waals surface area contributed by atoms with Crippen LogP contribution in [0.1, 0.15) is 19.8 Å². The predicted molar refractivity (Wildman–Crippen MR) is 78.7 cm³/mol. The fourth-order valence-corrected chi connectivity index (χ4v) is 2.67. The minimum absolute atomic E-state index is 0.0780. The molecular weight excluding hydrogens is 270 g/mol. The molecule has 1 saturated heterocycles. The Morgan fingerprint density at radius 1 is 1.33 bits per heavy atom. The van der Waals surface area contributed by atoms with Crippen molar-refractivity contribution in [3.63, 3.8) is 0 Å². The Morgan fingerprint density at radius 2 is 2.00 bits per heavy atom. The van der Waals surface area contributed by atoms with Crippen molar-refractivity contribution in [1.29, 1.82) is 0 Å². The van der Waals surface area contributed by atoms with Crippen molar-refractivity contribution in [3.8, 4) is 0 Å². The Kier molecular flexibility index (Phi) is 6.13. The van der Waals surface area contributed by atoms with Crippen molar-refractivity contribution in [3.05, 3.63) is 12.7 Å². The minimum Gasteiger partial charge on any atom is -0.383 e. The number of nitrogens with zero attached hydrogens (tertiary/aromatic N) is 4. The van der Waals surface area contributed by atoms with Crippen LogP contribution in [0.5, 0.6) is 0 Å². The SMILES string of the molecule is COCC(C)NC(=O)C1CCN(CCn2cnnc2)CC1. The van der Waals surface area contributed by atoms with Gasteiger partial charge in [-0.3, -0.25) is 4.79 Å². The summed E-state index contributed by atoms with van der Waals surface area (Å²) in [5.74, 6) is 0.300. The van der Waals surface area contributed by atoms with Crippen LogP contribution < -0.4 is 5.32 Å². The van der Waals surface area contributed by atoms with Gasteiger partial charge < -0.3 is 19.5 Å². The van der Waals surface area contributed by atoms with Crippen molar-refractivity contribution in [2.24, 2.45) is 5.92 Å². The van der Waals surface area contributed by atoms with Gasteiger partial charge in [0, 0.05) is 32.2 Å². The van der Waals surface area contributed by atoms with Crippen LogP contribution in [-0.4, -0.2) is 65.0 Å². The number of carbonyl (C=O) groups excluding carboxylic acids is 1. The number of carbonyl (C=O) groups is 1. The second-order valence-electron chi connectivity index (χ2n) is 5.68. The first kappa shape index (κ1) is 15.9. The summed E-state index contributed by atoms with van der Waals surface area (Å²) >= 11 is 0. The van der Waals surface area contributed by atoms with E-state index in [0.717, 1.165) is 39.0 Å². The van der Waals surface area contributed by atoms with Crippen molar-refractivity contribution < 1.29 is 9.53 Å². The molecule has 1 aromatic rings. The average molecular weight is 295 g/mol. The molecule has 7 nitrogen and oxygen atoms in total. The molecule has 1 amide bonds. The highest BCUT2D eigenvalue weighted by Gasteiger charge is 2.25. The molecule has 0 aromatic carbocycles. The van der Waals surface area contributed by atoms with Crippen molar-refractivity contribution in [2.75, 3.05) is 33.4 Å². The van der Waals surface area contributed by atoms with Gasteiger partial charge in [0.1, 0.15) is 12.7 Å². The van der Waals surface area contributed by atoms with Gasteiger partial charge in [0.15, 0.2) is 0 Å². The maximum Gasteiger partial charge on any atom is 0.223 e. The van der Waals surface area contributed by atoms with Gasteiger partial charge in [0.05, 0.1) is 6.61 Å². The maximum atomic E-state index is 12.1. The van der Waals surface area contributed by atoms with Gasteiger partial charge in [-0.25, -0.2) is 0 Å². The van der Waals surface area contributed by atoms with E-state index in [1.54, 1.807) is 19.8 Å². The first-order valence-electron chi connectivity index (χ1n) is 7.53. The summed E-state index contributed by atoms with van der Waals surface area (Å²) in [6, 6.07) is 0.0780. The van der Waals surface area contributed by atoms with Gasteiger partial charge in [-0.2, -0.15) is 0 Å². The molecule has 118 valence electrons. The van der Waals surface area contributed by atoms with E-state index in [-0.39, 0.29) is 17.9 Å². The topological polar surface area (TPSA) is 72.3 Å². The summed E-state index contributed by atoms with van der Waals surface area (Å²) in [6.45, 7) is 6.35. The van der Waals surface area contributed by atoms with Gasteiger partial charge in [-0.1, -0.05) is 0 Å². The molecule has 0 bridgehead atoms. The molecule has 0 spiro atoms. The zero-order valence-corrected chi connectivity index (χ0v) is 12.9. The number of hydrogen-bond acceptors (Lipinski definition) is 5. The summed E-state index contributed by atoms with van der Waals surface area (Å²) < 4.78 is 7.02. The molecule has 1 unspecified atom stereocenters. The Balaban J connectivity index is 1.66. The second-order valence-corrected chi connectivity index (χ2v) is 5.68. The Labute approximate surface area is 125 Å². The number of ether oxygens (including phenoxy) is 1. The normalized spacial score (nSPS) is 18.6. The highest BCUT2D eigenvalue weighted by atomic mass is 16.5. The molecule has 0 saturated carbocycles. The lowest BCUT2D eigenvalue weighted by molar-refractivity contribution is -0.127. The van der Waals surface area contributed by atoms with Crippen molar-refractivity contribution in [2.45, 2.75) is 32.4 Å². The molecule has 1 atom stereocenters. The number of likely N-dealkylation sites (tertiary alicyclic amines) is 1. The van der Waals surface area contributed by atoms with Gasteiger partial charge in [-0.15, -0.1) is 10.2 Å². The second kappa shape index (κ2) is 8.09. The average Bonchev–Trinajstić information content (AvgIpc) is 2.99. The van der Waals surface area contributed by atoms with Crippen LogP contribution >= 0.6 is 0 Å². The molecule has 1 aliphatic rings. The van der Waals surface area contributed by atoms with E-state index < -0.39 is 0 Å². The molecule has 0 aliphatic carbocycles. The van der Waals surface area contributed by atoms with Crippen LogP contribution in [0.2, 0.25) is 0 Å². The zero-order chi connectivity index (χ0) is 15.1. The third-order valence-electron chi connectivity index (χ3n) is 3.90. The maximum absolute atomic E-state index is 12.1. The highest BCUT2D eigenvalue weighted by Crippen LogP contribution is 2.17. The molecular formula is C14H25N5O2. The number of methoxy groups -OCH3 is 1. The lowest BCUT2D eigenvalue weighted by Crippen LogP contribution is -2.44. The molecule has 0 radical (unpaired) electrons. The summed E-state index contributed by atoms with van der Waals surface area (Å²) in [6.07, 6.45) is 5.32. The van der Waals surface area contributed by atoms with E-state index in [1.165, 1.54) is 0 Å². The molecule has 1 aromatic heterocycles. The van der Waals surface area contributed by atoms with E-state index in [0.29, 0.717) is 6.61 Å². The molecule has 2 rings (SSSR count). The first-order chi connectivity index (χ1) is 10.2. The number of hydrogen-bond donors (Lipinski definition) is 1. The van der Waals surface area contributed by atoms with Crippen LogP contribution in [-0.2, 0) is 16.1 Å². The fraction of sp³-hybridized carbons (Fsp3) is 0.786. The monoisotopic (exact) mass is 295 g/mol. The molecule has 1 fully saturated rings. The molecule has 1 N–H and O–H groups in total. The van der Waals surface area contributed by atoms with E-state index in [4.69, 9.17) is 4.74 Å². The van der Waals surface area contributed by atoms with Gasteiger partial charge in [0.25, 0.3) is 0 Å². The molecule has 2 heterocycles. The Hall–Kier alpha value is -1.47. The third kappa shape index (κ3) is 5.09. The highest BCUT2D eigenvalue weighted by molar-refractivity contribution is 5.79. The molecule has 1 aliphatic heterocycles. The van der Waals surface area contributed by atoms with Crippen LogP contribution in [0.25, 0.3) is 0 Å². The van der Waals surface area contributed by atoms with E-state index >= 15 is 0 Å². The van der Waals surface area contributed by atoms with Gasteiger partial charge in [0.2, 0.25) is 5.91 Å². The largest absolute Gasteiger partial charge is 0.383 e. The summed E-state index contributed by atoms with van der Waals surface area (Å²) in [4.78, 5) is 14.5. The van der Waals surface area contributed by atoms with Gasteiger partial charge in [-0.05, 0) is 32.9 Å². The number of nitrogens with one attached hydrogen (secondary N) is 1. The molecule has 7 heteroatoms. The lowest BCUT2D eigenvalue weighted by Gasteiger charge is -2.31.